The molecule has 1 amide bonds. The van der Waals surface area contributed by atoms with Crippen LogP contribution in [0.1, 0.15) is 68.5 Å². The fraction of sp³-hybridized carbons (Fsp3) is 0.517. The van der Waals surface area contributed by atoms with Crippen LogP contribution in [-0.4, -0.2) is 59.5 Å². The molecule has 210 valence electrons. The number of carboxylic acids is 1. The van der Waals surface area contributed by atoms with Crippen molar-refractivity contribution in [3.63, 3.8) is 0 Å². The van der Waals surface area contributed by atoms with Gasteiger partial charge in [-0.05, 0) is 73.4 Å². The number of halogens is 2. The summed E-state index contributed by atoms with van der Waals surface area (Å²) >= 11 is 12.6. The Kier molecular flexibility index (Phi) is 8.04. The second-order valence-corrected chi connectivity index (χ2v) is 14.4. The van der Waals surface area contributed by atoms with Crippen molar-refractivity contribution in [3.8, 4) is 0 Å². The molecule has 2 heterocycles. The van der Waals surface area contributed by atoms with E-state index in [9.17, 15) is 23.1 Å². The van der Waals surface area contributed by atoms with Crippen LogP contribution in [0.25, 0.3) is 0 Å². The normalized spacial score (nSPS) is 27.1. The predicted octanol–water partition coefficient (Wildman–Crippen LogP) is 5.74. The Morgan fingerprint density at radius 3 is 2.31 bits per heavy atom. The number of rotatable bonds is 9. The Morgan fingerprint density at radius 1 is 1.05 bits per heavy atom. The maximum absolute atomic E-state index is 14.5. The molecule has 1 N–H and O–H groups in total. The van der Waals surface area contributed by atoms with Crippen LogP contribution in [0.3, 0.4) is 0 Å². The number of carbonyl (C=O) groups excluding carboxylic acids is 1. The van der Waals surface area contributed by atoms with Crippen LogP contribution >= 0.6 is 23.2 Å². The standard InChI is InChI=1S/C29H34Cl2N2O5S/c1-29(17-26(34)35)16-24(21-5-4-6-23(31)15-21)27(20-9-11-22(30)12-10-20)33(28(29)36)25(19-7-8-19)18-39(37,38)32-13-2-3-14-32/h4-6,9-12,15,19,24-25,27H,2-3,7-8,13-14,16-18H2,1H3,(H,34,35)/t24-,25-,27-,29-/m1/s1. The van der Waals surface area contributed by atoms with Gasteiger partial charge in [0.2, 0.25) is 15.9 Å². The van der Waals surface area contributed by atoms with Gasteiger partial charge in [0, 0.05) is 29.1 Å². The van der Waals surface area contributed by atoms with Crippen molar-refractivity contribution in [3.05, 3.63) is 69.7 Å². The van der Waals surface area contributed by atoms with Gasteiger partial charge in [0.05, 0.1) is 29.7 Å². The Labute approximate surface area is 240 Å². The summed E-state index contributed by atoms with van der Waals surface area (Å²) in [4.78, 5) is 28.2. The van der Waals surface area contributed by atoms with E-state index >= 15 is 0 Å². The van der Waals surface area contributed by atoms with Gasteiger partial charge in [0.1, 0.15) is 0 Å². The molecule has 2 saturated heterocycles. The van der Waals surface area contributed by atoms with E-state index in [2.05, 4.69) is 0 Å². The fourth-order valence-corrected chi connectivity index (χ4v) is 8.67. The number of nitrogens with zero attached hydrogens (tertiary/aromatic N) is 2. The van der Waals surface area contributed by atoms with Crippen LogP contribution in [0.2, 0.25) is 10.0 Å². The number of benzene rings is 2. The third-order valence-electron chi connectivity index (χ3n) is 8.50. The highest BCUT2D eigenvalue weighted by atomic mass is 35.5. The first-order valence-corrected chi connectivity index (χ1v) is 15.9. The van der Waals surface area contributed by atoms with E-state index in [4.69, 9.17) is 23.2 Å². The number of carbonyl (C=O) groups is 2. The van der Waals surface area contributed by atoms with Crippen molar-refractivity contribution in [1.82, 2.24) is 9.21 Å². The zero-order valence-corrected chi connectivity index (χ0v) is 24.3. The molecule has 0 spiro atoms. The predicted molar refractivity (Wildman–Crippen MR) is 151 cm³/mol. The van der Waals surface area contributed by atoms with Gasteiger partial charge < -0.3 is 10.0 Å². The largest absolute Gasteiger partial charge is 0.481 e. The average Bonchev–Trinajstić information content (AvgIpc) is 3.56. The van der Waals surface area contributed by atoms with Gasteiger partial charge in [-0.1, -0.05) is 54.4 Å². The molecule has 0 radical (unpaired) electrons. The Morgan fingerprint density at radius 2 is 1.72 bits per heavy atom. The van der Waals surface area contributed by atoms with Crippen molar-refractivity contribution in [2.24, 2.45) is 11.3 Å². The van der Waals surface area contributed by atoms with Crippen LogP contribution < -0.4 is 0 Å². The topological polar surface area (TPSA) is 95.0 Å². The maximum atomic E-state index is 14.5. The second-order valence-electron chi connectivity index (χ2n) is 11.5. The van der Waals surface area contributed by atoms with Gasteiger partial charge in [-0.15, -0.1) is 0 Å². The summed E-state index contributed by atoms with van der Waals surface area (Å²) in [6, 6.07) is 13.7. The molecule has 0 bridgehead atoms. The monoisotopic (exact) mass is 592 g/mol. The summed E-state index contributed by atoms with van der Waals surface area (Å²) in [5.74, 6) is -1.81. The first-order valence-electron chi connectivity index (χ1n) is 13.5. The third kappa shape index (κ3) is 5.99. The molecule has 1 saturated carbocycles. The van der Waals surface area contributed by atoms with E-state index in [1.807, 2.05) is 30.3 Å². The number of likely N-dealkylation sites (tertiary alicyclic amines) is 1. The van der Waals surface area contributed by atoms with Crippen LogP contribution in [0.15, 0.2) is 48.5 Å². The van der Waals surface area contributed by atoms with E-state index in [1.54, 1.807) is 34.3 Å². The quantitative estimate of drug-likeness (QED) is 0.401. The Bertz CT molecular complexity index is 1340. The SMILES string of the molecule is C[C@]1(CC(=O)O)C[C@H](c2cccc(Cl)c2)[C@@H](c2ccc(Cl)cc2)N([C@H](CS(=O)(=O)N2CCCC2)C2CC2)C1=O. The first-order chi connectivity index (χ1) is 18.5. The third-order valence-corrected chi connectivity index (χ3v) is 10.9. The van der Waals surface area contributed by atoms with E-state index in [0.29, 0.717) is 29.6 Å². The number of piperidine rings is 1. The molecular weight excluding hydrogens is 559 g/mol. The molecule has 2 aromatic carbocycles. The summed E-state index contributed by atoms with van der Waals surface area (Å²) in [5.41, 5.74) is 0.500. The van der Waals surface area contributed by atoms with Gasteiger partial charge in [-0.25, -0.2) is 12.7 Å². The average molecular weight is 594 g/mol. The molecule has 3 fully saturated rings. The number of sulfonamides is 1. The zero-order chi connectivity index (χ0) is 27.9. The van der Waals surface area contributed by atoms with E-state index < -0.39 is 33.5 Å². The number of hydrogen-bond donors (Lipinski definition) is 1. The number of aliphatic carboxylic acids is 1. The smallest absolute Gasteiger partial charge is 0.304 e. The lowest BCUT2D eigenvalue weighted by molar-refractivity contribution is -0.160. The number of hydrogen-bond acceptors (Lipinski definition) is 4. The van der Waals surface area contributed by atoms with Gasteiger partial charge in [-0.3, -0.25) is 9.59 Å². The maximum Gasteiger partial charge on any atom is 0.304 e. The lowest BCUT2D eigenvalue weighted by atomic mass is 9.67. The minimum absolute atomic E-state index is 0.0355. The van der Waals surface area contributed by atoms with E-state index in [-0.39, 0.29) is 29.9 Å². The van der Waals surface area contributed by atoms with Crippen molar-refractivity contribution >= 4 is 45.1 Å². The number of carboxylic acid groups (broad SMARTS) is 1. The molecule has 5 rings (SSSR count). The molecule has 7 nitrogen and oxygen atoms in total. The highest BCUT2D eigenvalue weighted by Gasteiger charge is 2.55. The Balaban J connectivity index is 1.66. The summed E-state index contributed by atoms with van der Waals surface area (Å²) < 4.78 is 28.8. The first kappa shape index (κ1) is 28.4. The number of amides is 1. The molecular formula is C29H34Cl2N2O5S. The van der Waals surface area contributed by atoms with E-state index in [1.165, 1.54) is 0 Å². The molecule has 39 heavy (non-hydrogen) atoms. The molecule has 0 unspecified atom stereocenters. The van der Waals surface area contributed by atoms with Gasteiger partial charge in [0.25, 0.3) is 0 Å². The molecule has 2 aliphatic heterocycles. The van der Waals surface area contributed by atoms with Crippen LogP contribution in [0.5, 0.6) is 0 Å². The van der Waals surface area contributed by atoms with Crippen molar-refractivity contribution < 1.29 is 23.1 Å². The fourth-order valence-electron chi connectivity index (χ4n) is 6.46. The van der Waals surface area contributed by atoms with E-state index in [0.717, 1.165) is 36.8 Å². The minimum Gasteiger partial charge on any atom is -0.481 e. The molecule has 3 aliphatic rings. The molecule has 1 aliphatic carbocycles. The lowest BCUT2D eigenvalue weighted by Crippen LogP contribution is -2.58. The van der Waals surface area contributed by atoms with Gasteiger partial charge in [0.15, 0.2) is 0 Å². The lowest BCUT2D eigenvalue weighted by Gasteiger charge is -2.52. The highest BCUT2D eigenvalue weighted by molar-refractivity contribution is 7.89. The summed E-state index contributed by atoms with van der Waals surface area (Å²) in [5, 5.41) is 10.9. The van der Waals surface area contributed by atoms with Gasteiger partial charge in [-0.2, -0.15) is 0 Å². The summed E-state index contributed by atoms with van der Waals surface area (Å²) in [6.45, 7) is 2.69. The summed E-state index contributed by atoms with van der Waals surface area (Å²) in [7, 11) is -3.62. The molecule has 10 heteroatoms. The second kappa shape index (κ2) is 11.0. The summed E-state index contributed by atoms with van der Waals surface area (Å²) in [6.07, 6.45) is 3.26. The molecule has 0 aromatic heterocycles. The van der Waals surface area contributed by atoms with Crippen LogP contribution in [0, 0.1) is 11.3 Å². The van der Waals surface area contributed by atoms with Crippen molar-refractivity contribution in [2.75, 3.05) is 18.8 Å². The van der Waals surface area contributed by atoms with Gasteiger partial charge >= 0.3 is 5.97 Å². The van der Waals surface area contributed by atoms with Crippen molar-refractivity contribution in [2.45, 2.75) is 63.5 Å². The van der Waals surface area contributed by atoms with Crippen LogP contribution in [0.4, 0.5) is 0 Å². The zero-order valence-electron chi connectivity index (χ0n) is 21.9. The molecule has 4 atom stereocenters. The van der Waals surface area contributed by atoms with Crippen molar-refractivity contribution in [1.29, 1.82) is 0 Å². The highest BCUT2D eigenvalue weighted by Crippen LogP contribution is 2.54. The van der Waals surface area contributed by atoms with Crippen LogP contribution in [-0.2, 0) is 19.6 Å². The Hall–Kier alpha value is -2.13. The minimum atomic E-state index is -3.62. The molecule has 2 aromatic rings.